The molecule has 0 N–H and O–H groups in total. The number of aromatic nitrogens is 2. The van der Waals surface area contributed by atoms with Gasteiger partial charge in [0.2, 0.25) is 11.8 Å². The first kappa shape index (κ1) is 21.8. The van der Waals surface area contributed by atoms with Gasteiger partial charge >= 0.3 is 6.18 Å². The number of carbonyl (C=O) groups is 1. The van der Waals surface area contributed by atoms with Gasteiger partial charge in [0.25, 0.3) is 5.22 Å². The number of rotatable bonds is 9. The van der Waals surface area contributed by atoms with E-state index in [1.807, 2.05) is 12.1 Å². The monoisotopic (exact) mass is 441 g/mol. The minimum Gasteiger partial charge on any atom is -0.497 e. The van der Waals surface area contributed by atoms with Gasteiger partial charge in [-0.2, -0.15) is 13.2 Å². The zero-order valence-electron chi connectivity index (χ0n) is 15.9. The van der Waals surface area contributed by atoms with E-state index in [1.54, 1.807) is 25.3 Å². The van der Waals surface area contributed by atoms with Crippen molar-refractivity contribution < 1.29 is 31.5 Å². The SMILES string of the molecule is COc1ccc(Cc2nnc(SCC(=O)N(Cc3ccco3)CC(F)(F)F)o2)cc1. The smallest absolute Gasteiger partial charge is 0.406 e. The third-order valence-electron chi connectivity index (χ3n) is 3.93. The molecular weight excluding hydrogens is 423 g/mol. The summed E-state index contributed by atoms with van der Waals surface area (Å²) in [5, 5.41) is 7.85. The number of benzene rings is 1. The summed E-state index contributed by atoms with van der Waals surface area (Å²) in [6.07, 6.45) is -2.81. The maximum atomic E-state index is 12.8. The summed E-state index contributed by atoms with van der Waals surface area (Å²) in [4.78, 5) is 13.0. The second-order valence-electron chi connectivity index (χ2n) is 6.22. The fourth-order valence-electron chi connectivity index (χ4n) is 2.54. The third kappa shape index (κ3) is 6.55. The first-order valence-electron chi connectivity index (χ1n) is 8.77. The molecule has 0 saturated heterocycles. The van der Waals surface area contributed by atoms with Crippen LogP contribution in [0, 0.1) is 0 Å². The standard InChI is InChI=1S/C19H18F3N3O4S/c1-27-14-6-4-13(5-7-14)9-16-23-24-18(29-16)30-11-17(26)25(12-19(20,21)22)10-15-3-2-8-28-15/h2-8H,9-12H2,1H3. The summed E-state index contributed by atoms with van der Waals surface area (Å²) in [6, 6.07) is 10.4. The molecule has 0 aliphatic carbocycles. The van der Waals surface area contributed by atoms with E-state index >= 15 is 0 Å². The Labute approximate surface area is 174 Å². The van der Waals surface area contributed by atoms with Crippen molar-refractivity contribution in [3.63, 3.8) is 0 Å². The number of methoxy groups -OCH3 is 1. The van der Waals surface area contributed by atoms with E-state index in [0.29, 0.717) is 17.2 Å². The van der Waals surface area contributed by atoms with E-state index in [-0.39, 0.29) is 23.3 Å². The van der Waals surface area contributed by atoms with Crippen LogP contribution in [0.25, 0.3) is 0 Å². The van der Waals surface area contributed by atoms with Gasteiger partial charge in [-0.15, -0.1) is 10.2 Å². The molecule has 30 heavy (non-hydrogen) atoms. The van der Waals surface area contributed by atoms with Crippen molar-refractivity contribution >= 4 is 17.7 Å². The largest absolute Gasteiger partial charge is 0.497 e. The first-order chi connectivity index (χ1) is 14.3. The quantitative estimate of drug-likeness (QED) is 0.465. The van der Waals surface area contributed by atoms with Gasteiger partial charge in [-0.05, 0) is 29.8 Å². The van der Waals surface area contributed by atoms with E-state index in [1.165, 1.54) is 12.3 Å². The lowest BCUT2D eigenvalue weighted by Crippen LogP contribution is -2.39. The second kappa shape index (κ2) is 9.70. The van der Waals surface area contributed by atoms with Gasteiger partial charge in [0.05, 0.1) is 32.1 Å². The summed E-state index contributed by atoms with van der Waals surface area (Å²) in [6.45, 7) is -1.65. The molecule has 0 spiro atoms. The number of thioether (sulfide) groups is 1. The van der Waals surface area contributed by atoms with Crippen molar-refractivity contribution in [1.29, 1.82) is 0 Å². The highest BCUT2D eigenvalue weighted by molar-refractivity contribution is 7.99. The number of alkyl halides is 3. The number of hydrogen-bond acceptors (Lipinski definition) is 7. The molecule has 3 aromatic rings. The van der Waals surface area contributed by atoms with Crippen molar-refractivity contribution in [3.8, 4) is 5.75 Å². The normalized spacial score (nSPS) is 11.5. The molecular formula is C19H18F3N3O4S. The van der Waals surface area contributed by atoms with Gasteiger partial charge in [0.1, 0.15) is 18.1 Å². The number of hydrogen-bond donors (Lipinski definition) is 0. The Morgan fingerprint density at radius 3 is 2.60 bits per heavy atom. The molecule has 0 unspecified atom stereocenters. The van der Waals surface area contributed by atoms with Crippen LogP contribution in [0.3, 0.4) is 0 Å². The van der Waals surface area contributed by atoms with Crippen LogP contribution in [-0.2, 0) is 17.8 Å². The highest BCUT2D eigenvalue weighted by atomic mass is 32.2. The van der Waals surface area contributed by atoms with Crippen LogP contribution in [0.2, 0.25) is 0 Å². The average molecular weight is 441 g/mol. The molecule has 7 nitrogen and oxygen atoms in total. The Hall–Kier alpha value is -2.95. The number of ether oxygens (including phenoxy) is 1. The van der Waals surface area contributed by atoms with Crippen LogP contribution in [0.4, 0.5) is 13.2 Å². The minimum absolute atomic E-state index is 0.108. The van der Waals surface area contributed by atoms with Gasteiger partial charge < -0.3 is 18.5 Å². The van der Waals surface area contributed by atoms with Crippen LogP contribution in [-0.4, -0.2) is 46.6 Å². The molecule has 1 aromatic carbocycles. The van der Waals surface area contributed by atoms with Crippen LogP contribution in [0.5, 0.6) is 5.75 Å². The fraction of sp³-hybridized carbons (Fsp3) is 0.316. The summed E-state index contributed by atoms with van der Waals surface area (Å²) < 4.78 is 54.1. The van der Waals surface area contributed by atoms with Crippen LogP contribution >= 0.6 is 11.8 Å². The number of halogens is 3. The molecule has 2 aromatic heterocycles. The van der Waals surface area contributed by atoms with E-state index in [9.17, 15) is 18.0 Å². The van der Waals surface area contributed by atoms with Crippen LogP contribution in [0.1, 0.15) is 17.2 Å². The molecule has 2 heterocycles. The van der Waals surface area contributed by atoms with Crippen molar-refractivity contribution in [2.75, 3.05) is 19.4 Å². The lowest BCUT2D eigenvalue weighted by molar-refractivity contribution is -0.161. The Balaban J connectivity index is 1.56. The van der Waals surface area contributed by atoms with E-state index in [4.69, 9.17) is 13.6 Å². The molecule has 0 fully saturated rings. The number of carbonyl (C=O) groups excluding carboxylic acids is 1. The van der Waals surface area contributed by atoms with E-state index in [2.05, 4.69) is 10.2 Å². The topological polar surface area (TPSA) is 81.6 Å². The molecule has 3 rings (SSSR count). The van der Waals surface area contributed by atoms with Gasteiger partial charge in [-0.25, -0.2) is 0 Å². The second-order valence-corrected chi connectivity index (χ2v) is 7.15. The zero-order valence-corrected chi connectivity index (χ0v) is 16.7. The number of nitrogens with zero attached hydrogens (tertiary/aromatic N) is 3. The average Bonchev–Trinajstić information content (AvgIpc) is 3.37. The van der Waals surface area contributed by atoms with Crippen LogP contribution in [0.15, 0.2) is 56.7 Å². The van der Waals surface area contributed by atoms with Crippen LogP contribution < -0.4 is 4.74 Å². The van der Waals surface area contributed by atoms with E-state index < -0.39 is 18.6 Å². The number of amides is 1. The predicted molar refractivity (Wildman–Crippen MR) is 101 cm³/mol. The maximum Gasteiger partial charge on any atom is 0.406 e. The Kier molecular flexibility index (Phi) is 7.03. The fourth-order valence-corrected chi connectivity index (χ4v) is 3.22. The zero-order chi connectivity index (χ0) is 21.6. The Morgan fingerprint density at radius 2 is 1.97 bits per heavy atom. The maximum absolute atomic E-state index is 12.8. The summed E-state index contributed by atoms with van der Waals surface area (Å²) in [5.41, 5.74) is 0.918. The summed E-state index contributed by atoms with van der Waals surface area (Å²) in [7, 11) is 1.57. The molecule has 0 aliphatic heterocycles. The van der Waals surface area contributed by atoms with Crippen molar-refractivity contribution in [2.45, 2.75) is 24.4 Å². The van der Waals surface area contributed by atoms with Crippen molar-refractivity contribution in [1.82, 2.24) is 15.1 Å². The van der Waals surface area contributed by atoms with Gasteiger partial charge in [0.15, 0.2) is 0 Å². The Bertz CT molecular complexity index is 943. The summed E-state index contributed by atoms with van der Waals surface area (Å²) in [5.74, 6) is 0.316. The highest BCUT2D eigenvalue weighted by Crippen LogP contribution is 2.22. The molecule has 0 aliphatic rings. The van der Waals surface area contributed by atoms with Gasteiger partial charge in [-0.1, -0.05) is 23.9 Å². The Morgan fingerprint density at radius 1 is 1.20 bits per heavy atom. The van der Waals surface area contributed by atoms with E-state index in [0.717, 1.165) is 23.1 Å². The molecule has 0 atom stereocenters. The lowest BCUT2D eigenvalue weighted by Gasteiger charge is -2.22. The van der Waals surface area contributed by atoms with Crippen molar-refractivity contribution in [3.05, 3.63) is 59.9 Å². The van der Waals surface area contributed by atoms with Gasteiger partial charge in [-0.3, -0.25) is 4.79 Å². The first-order valence-corrected chi connectivity index (χ1v) is 9.76. The molecule has 0 saturated carbocycles. The molecule has 1 amide bonds. The number of furan rings is 1. The van der Waals surface area contributed by atoms with Crippen molar-refractivity contribution in [2.24, 2.45) is 0 Å². The third-order valence-corrected chi connectivity index (χ3v) is 4.73. The van der Waals surface area contributed by atoms with Gasteiger partial charge in [0, 0.05) is 0 Å². The molecule has 0 bridgehead atoms. The molecule has 0 radical (unpaired) electrons. The molecule has 160 valence electrons. The predicted octanol–water partition coefficient (Wildman–Crippen LogP) is 3.95. The highest BCUT2D eigenvalue weighted by Gasteiger charge is 2.33. The minimum atomic E-state index is -4.52. The molecule has 11 heteroatoms. The summed E-state index contributed by atoms with van der Waals surface area (Å²) >= 11 is 0.883. The lowest BCUT2D eigenvalue weighted by atomic mass is 10.1.